The van der Waals surface area contributed by atoms with E-state index in [0.717, 1.165) is 32.6 Å². The van der Waals surface area contributed by atoms with Gasteiger partial charge in [-0.25, -0.2) is 0 Å². The van der Waals surface area contributed by atoms with Crippen LogP contribution in [0.2, 0.25) is 0 Å². The van der Waals surface area contributed by atoms with Crippen molar-refractivity contribution in [2.24, 2.45) is 35.0 Å². The van der Waals surface area contributed by atoms with Gasteiger partial charge < -0.3 is 159 Å². The Balaban J connectivity index is 1.76. The first-order valence-corrected chi connectivity index (χ1v) is 46.0. The molecular formula is C89H136N22O32. The van der Waals surface area contributed by atoms with Gasteiger partial charge in [-0.3, -0.25) is 115 Å². The zero-order valence-electron chi connectivity index (χ0n) is 81.0. The van der Waals surface area contributed by atoms with Crippen LogP contribution in [0.5, 0.6) is 0 Å². The van der Waals surface area contributed by atoms with Crippen LogP contribution in [0.3, 0.4) is 0 Å². The maximum absolute atomic E-state index is 14.8. The van der Waals surface area contributed by atoms with Crippen molar-refractivity contribution < 1.29 is 156 Å². The number of likely N-dealkylation sites (tertiary alicyclic amines) is 1. The molecule has 0 spiro atoms. The van der Waals surface area contributed by atoms with Crippen LogP contribution in [0.1, 0.15) is 158 Å². The minimum Gasteiger partial charge on any atom is -0.481 e. The summed E-state index contributed by atoms with van der Waals surface area (Å²) >= 11 is 0. The van der Waals surface area contributed by atoms with Crippen LogP contribution in [0.15, 0.2) is 60.7 Å². The number of unbranched alkanes of at least 4 members (excludes halogenated alkanes) is 1. The number of aliphatic hydroxyl groups excluding tert-OH is 4. The number of aliphatic hydroxyl groups is 4. The minimum absolute atomic E-state index is 0.0122. The average Bonchev–Trinajstić information content (AvgIpc) is 1.69. The molecule has 0 aliphatic carbocycles. The highest BCUT2D eigenvalue weighted by Crippen LogP contribution is 2.22. The van der Waals surface area contributed by atoms with Crippen molar-refractivity contribution in [3.63, 3.8) is 0 Å². The van der Waals surface area contributed by atoms with Crippen molar-refractivity contribution in [3.8, 4) is 0 Å². The molecule has 1 saturated heterocycles. The minimum atomic E-state index is -2.13. The summed E-state index contributed by atoms with van der Waals surface area (Å²) in [6.45, 7) is 11.1. The van der Waals surface area contributed by atoms with Gasteiger partial charge in [0.1, 0.15) is 103 Å². The van der Waals surface area contributed by atoms with Crippen molar-refractivity contribution in [1.82, 2.24) is 101 Å². The molecule has 1 fully saturated rings. The van der Waals surface area contributed by atoms with Crippen LogP contribution in [-0.4, -0.2) is 348 Å². The lowest BCUT2D eigenvalue weighted by molar-refractivity contribution is -0.145. The Hall–Kier alpha value is -14.5. The molecule has 143 heavy (non-hydrogen) atoms. The molecule has 1 aliphatic heterocycles. The summed E-state index contributed by atoms with van der Waals surface area (Å²) in [6.07, 6.45) is -9.92. The third-order valence-electron chi connectivity index (χ3n) is 21.8. The van der Waals surface area contributed by atoms with Gasteiger partial charge in [-0.1, -0.05) is 102 Å². The Morgan fingerprint density at radius 2 is 0.734 bits per heavy atom. The lowest BCUT2D eigenvalue weighted by Gasteiger charge is -2.31. The molecule has 0 bridgehead atoms. The van der Waals surface area contributed by atoms with E-state index in [0.29, 0.717) is 11.1 Å². The number of carboxylic acid groups (broad SMARTS) is 4. The van der Waals surface area contributed by atoms with Gasteiger partial charge in [0.2, 0.25) is 118 Å². The standard InChI is InChI=1S/C89H136N22O32/c1-41(2)29-53(99-73(127)45(8)97-75(129)51(91)33-65(119)120)78(132)100-54(30-42(3)4)79(133)101-56(34-62(92)116)80(134)98-52(25-18-19-27-90)77(131)106-60(40-112)76(130)93-37-63(117)96-44(7)74(128)108-70(46(9)113)85(139)94-38-64(118)107-69(43(5)6)87(141)103-55(31-49-21-14-12-15-22-49)82(136)110-72(48(11)115)88(142)104-57(35-66(121)122)81(135)105-59(32-50-23-16-13-17-24-50)89(143)111-28-20-26-61(111)84(138)102-58(36-67(123)124)83(137)109-71(47(10)114)86(140)95-39-68(125)126/h12-17,21-24,41-48,51-61,69-72,112-115H,18-20,25-40,90-91H2,1-11H3,(H2,92,116)(H,93,130)(H,94,139)(H,95,140)(H,96,117)(H,97,129)(H,98,134)(H,99,127)(H,100,132)(H,101,133)(H,102,138)(H,103,141)(H,104,142)(H,105,135)(H,106,131)(H,107,118)(H,108,128)(H,109,137)(H,110,136)(H,119,120)(H,121,122)(H,123,124)(H,125,126)/t44-,45-,46+,47+,48+,51-,52-,53-,54-,55-,56-,57-,58-,59-,60-,61-,69-,70-,71-,72-/m0/s1. The second kappa shape index (κ2) is 61.2. The molecule has 0 aromatic heterocycles. The fourth-order valence-corrected chi connectivity index (χ4v) is 14.2. The average molecular weight is 2030 g/mol. The summed E-state index contributed by atoms with van der Waals surface area (Å²) in [5.41, 5.74) is 17.6. The van der Waals surface area contributed by atoms with Gasteiger partial charge in [0.15, 0.2) is 0 Å². The number of carbonyl (C=O) groups excluding carboxylic acids is 20. The molecule has 0 saturated carbocycles. The largest absolute Gasteiger partial charge is 0.481 e. The van der Waals surface area contributed by atoms with Gasteiger partial charge in [0.05, 0.1) is 69.7 Å². The maximum Gasteiger partial charge on any atom is 0.322 e. The van der Waals surface area contributed by atoms with Gasteiger partial charge in [0.25, 0.3) is 0 Å². The molecule has 20 atom stereocenters. The molecule has 20 amide bonds. The van der Waals surface area contributed by atoms with Crippen molar-refractivity contribution in [2.45, 2.75) is 281 Å². The normalized spacial score (nSPS) is 16.2. The van der Waals surface area contributed by atoms with Crippen LogP contribution in [0, 0.1) is 17.8 Å². The van der Waals surface area contributed by atoms with Gasteiger partial charge in [-0.05, 0) is 115 Å². The Morgan fingerprint density at radius 3 is 1.20 bits per heavy atom. The van der Waals surface area contributed by atoms with E-state index in [1.807, 2.05) is 5.32 Å². The molecule has 1 heterocycles. The zero-order valence-corrected chi connectivity index (χ0v) is 81.0. The number of primary amides is 1. The molecule has 54 nitrogen and oxygen atoms in total. The second-order valence-corrected chi connectivity index (χ2v) is 35.5. The fourth-order valence-electron chi connectivity index (χ4n) is 14.2. The molecule has 0 unspecified atom stereocenters. The first-order chi connectivity index (χ1) is 67.0. The number of carbonyl (C=O) groups is 24. The van der Waals surface area contributed by atoms with E-state index in [2.05, 4.69) is 90.4 Å². The predicted molar refractivity (Wildman–Crippen MR) is 499 cm³/mol. The summed E-state index contributed by atoms with van der Waals surface area (Å²) in [6, 6.07) is -13.2. The number of nitrogens with zero attached hydrogens (tertiary/aromatic N) is 1. The molecule has 1 aliphatic rings. The van der Waals surface area contributed by atoms with Crippen LogP contribution < -0.4 is 113 Å². The Morgan fingerprint density at radius 1 is 0.364 bits per heavy atom. The van der Waals surface area contributed by atoms with Gasteiger partial charge in [0, 0.05) is 19.4 Å². The smallest absolute Gasteiger partial charge is 0.322 e. The molecule has 3 rings (SSSR count). The maximum atomic E-state index is 14.8. The quantitative estimate of drug-likeness (QED) is 0.0274. The van der Waals surface area contributed by atoms with Crippen LogP contribution >= 0.6 is 0 Å². The number of nitrogens with two attached hydrogens (primary N) is 3. The molecule has 32 N–H and O–H groups in total. The number of benzene rings is 2. The third-order valence-corrected chi connectivity index (χ3v) is 21.8. The monoisotopic (exact) mass is 2020 g/mol. The number of rotatable bonds is 63. The Labute approximate surface area is 821 Å². The molecule has 54 heteroatoms. The van der Waals surface area contributed by atoms with Crippen molar-refractivity contribution in [1.29, 1.82) is 0 Å². The number of carboxylic acids is 4. The predicted octanol–water partition coefficient (Wildman–Crippen LogP) is -11.2. The van der Waals surface area contributed by atoms with E-state index < -0.39 is 321 Å². The molecule has 2 aromatic rings. The Bertz CT molecular complexity index is 4780. The first-order valence-electron chi connectivity index (χ1n) is 46.0. The number of amides is 20. The Kier molecular flexibility index (Phi) is 52.5. The van der Waals surface area contributed by atoms with Crippen LogP contribution in [0.25, 0.3) is 0 Å². The summed E-state index contributed by atoms with van der Waals surface area (Å²) in [4.78, 5) is 323. The van der Waals surface area contributed by atoms with Gasteiger partial charge in [-0.2, -0.15) is 0 Å². The summed E-state index contributed by atoms with van der Waals surface area (Å²) in [5, 5.41) is 122. The van der Waals surface area contributed by atoms with Gasteiger partial charge in [-0.15, -0.1) is 0 Å². The summed E-state index contributed by atoms with van der Waals surface area (Å²) in [5.74, 6) is -30.2. The fraction of sp³-hybridized carbons (Fsp3) is 0.596. The molecule has 2 aromatic carbocycles. The van der Waals surface area contributed by atoms with Crippen molar-refractivity contribution >= 4 is 142 Å². The molecule has 0 radical (unpaired) electrons. The van der Waals surface area contributed by atoms with Crippen LogP contribution in [0.4, 0.5) is 0 Å². The summed E-state index contributed by atoms with van der Waals surface area (Å²) < 4.78 is 0. The van der Waals surface area contributed by atoms with Gasteiger partial charge >= 0.3 is 23.9 Å². The first kappa shape index (κ1) is 123. The van der Waals surface area contributed by atoms with E-state index in [1.165, 1.54) is 20.8 Å². The molecular weight excluding hydrogens is 1890 g/mol. The van der Waals surface area contributed by atoms with E-state index in [4.69, 9.17) is 27.4 Å². The highest BCUT2D eigenvalue weighted by atomic mass is 16.4. The van der Waals surface area contributed by atoms with Crippen LogP contribution in [-0.2, 0) is 128 Å². The summed E-state index contributed by atoms with van der Waals surface area (Å²) in [7, 11) is 0. The highest BCUT2D eigenvalue weighted by Gasteiger charge is 2.44. The third kappa shape index (κ3) is 44.0. The number of nitrogens with one attached hydrogen (secondary N) is 18. The van der Waals surface area contributed by atoms with Crippen molar-refractivity contribution in [2.75, 3.05) is 39.3 Å². The lowest BCUT2D eigenvalue weighted by atomic mass is 9.99. The molecule has 794 valence electrons. The lowest BCUT2D eigenvalue weighted by Crippen LogP contribution is -2.62. The topological polar surface area (TPSA) is 869 Å². The second-order valence-electron chi connectivity index (χ2n) is 35.5. The van der Waals surface area contributed by atoms with E-state index >= 15 is 0 Å². The van der Waals surface area contributed by atoms with Crippen molar-refractivity contribution in [3.05, 3.63) is 71.8 Å². The number of hydrogen-bond acceptors (Lipinski definition) is 30. The number of hydrogen-bond donors (Lipinski definition) is 29. The zero-order chi connectivity index (χ0) is 108. The number of aliphatic carboxylic acids is 4. The van der Waals surface area contributed by atoms with E-state index in [1.54, 1.807) is 88.4 Å². The van der Waals surface area contributed by atoms with E-state index in [9.17, 15) is 146 Å². The highest BCUT2D eigenvalue weighted by molar-refractivity contribution is 6.03. The van der Waals surface area contributed by atoms with E-state index in [-0.39, 0.29) is 82.7 Å². The SMILES string of the molecule is CC(C)C[C@H](NC(=O)[C@H](C)NC(=O)[C@@H](N)CC(=O)O)C(=O)N[C@@H](CC(C)C)C(=O)N[C@@H](CC(N)=O)C(=O)N[C@@H](CCCCN)C(=O)N[C@@H](CO)C(=O)NCC(=O)N[C@@H](C)C(=O)N[C@H](C(=O)NCC(=O)N[C@H](C(=O)N[C@@H](Cc1ccccc1)C(=O)N[C@H](C(=O)N[C@@H](CC(=O)O)C(=O)N[C@@H](Cc1ccccc1)C(=O)N1CCC[C@H]1C(=O)N[C@@H](CC(=O)O)C(=O)N[C@H](C(=O)NCC(=O)O)[C@@H](C)O)[C@@H](C)O)C(C)C)[C@@H](C)O.